The van der Waals surface area contributed by atoms with E-state index in [4.69, 9.17) is 0 Å². The first kappa shape index (κ1) is 10.9. The average molecular weight is 192 g/mol. The third-order valence-electron chi connectivity index (χ3n) is 2.91. The van der Waals surface area contributed by atoms with Crippen molar-refractivity contribution in [1.29, 1.82) is 0 Å². The fourth-order valence-corrected chi connectivity index (χ4v) is 1.74. The third kappa shape index (κ3) is 1.47. The Kier molecular flexibility index (Phi) is 2.66. The Morgan fingerprint density at radius 3 is 1.85 bits per heavy atom. The van der Waals surface area contributed by atoms with Crippen LogP contribution in [0.15, 0.2) is 0 Å². The first-order valence-electron chi connectivity index (χ1n) is 4.24. The maximum absolute atomic E-state index is 9.60. The molecule has 0 radical (unpaired) electrons. The van der Waals surface area contributed by atoms with Crippen LogP contribution in [0, 0.1) is 5.92 Å². The lowest BCUT2D eigenvalue weighted by Gasteiger charge is -2.46. The Hall–Kier alpha value is -0.200. The summed E-state index contributed by atoms with van der Waals surface area (Å²) < 4.78 is 0. The molecule has 13 heavy (non-hydrogen) atoms. The van der Waals surface area contributed by atoms with Crippen LogP contribution in [0.3, 0.4) is 0 Å². The fourth-order valence-electron chi connectivity index (χ4n) is 1.74. The van der Waals surface area contributed by atoms with Gasteiger partial charge < -0.3 is 25.5 Å². The molecular weight excluding hydrogens is 176 g/mol. The zero-order valence-corrected chi connectivity index (χ0v) is 7.62. The first-order valence-corrected chi connectivity index (χ1v) is 4.24. The number of hydrogen-bond donors (Lipinski definition) is 5. The van der Waals surface area contributed by atoms with E-state index in [1.807, 2.05) is 0 Å². The van der Waals surface area contributed by atoms with E-state index in [-0.39, 0.29) is 0 Å². The van der Waals surface area contributed by atoms with Crippen LogP contribution in [0.25, 0.3) is 0 Å². The van der Waals surface area contributed by atoms with Crippen molar-refractivity contribution in [3.63, 3.8) is 0 Å². The van der Waals surface area contributed by atoms with Crippen molar-refractivity contribution in [3.05, 3.63) is 0 Å². The van der Waals surface area contributed by atoms with E-state index in [0.717, 1.165) is 0 Å². The van der Waals surface area contributed by atoms with Gasteiger partial charge in [0.1, 0.15) is 17.8 Å². The van der Waals surface area contributed by atoms with E-state index in [1.165, 1.54) is 13.8 Å². The molecule has 0 aliphatic heterocycles. The minimum Gasteiger partial charge on any atom is -0.390 e. The van der Waals surface area contributed by atoms with Crippen molar-refractivity contribution < 1.29 is 25.5 Å². The molecular formula is C8H16O5. The lowest BCUT2D eigenvalue weighted by atomic mass is 9.72. The van der Waals surface area contributed by atoms with Crippen LogP contribution in [-0.2, 0) is 0 Å². The number of hydrogen-bond acceptors (Lipinski definition) is 5. The zero-order chi connectivity index (χ0) is 10.4. The van der Waals surface area contributed by atoms with Crippen molar-refractivity contribution in [2.24, 2.45) is 5.92 Å². The van der Waals surface area contributed by atoms with E-state index in [0.29, 0.717) is 0 Å². The van der Waals surface area contributed by atoms with E-state index < -0.39 is 35.9 Å². The second-order valence-electron chi connectivity index (χ2n) is 3.96. The third-order valence-corrected chi connectivity index (χ3v) is 2.91. The molecule has 1 aliphatic carbocycles. The Morgan fingerprint density at radius 2 is 1.38 bits per heavy atom. The molecule has 5 N–H and O–H groups in total. The van der Waals surface area contributed by atoms with Crippen LogP contribution in [0.1, 0.15) is 13.8 Å². The summed E-state index contributed by atoms with van der Waals surface area (Å²) in [5.41, 5.74) is -1.78. The summed E-state index contributed by atoms with van der Waals surface area (Å²) in [5.74, 6) is -0.673. The molecule has 0 aromatic rings. The summed E-state index contributed by atoms with van der Waals surface area (Å²) in [6.45, 7) is 2.73. The van der Waals surface area contributed by atoms with Gasteiger partial charge in [-0.05, 0) is 6.92 Å². The smallest absolute Gasteiger partial charge is 0.116 e. The second kappa shape index (κ2) is 3.18. The molecule has 1 saturated carbocycles. The van der Waals surface area contributed by atoms with E-state index >= 15 is 0 Å². The first-order chi connectivity index (χ1) is 5.80. The number of aliphatic hydroxyl groups excluding tert-OH is 4. The van der Waals surface area contributed by atoms with E-state index in [1.54, 1.807) is 0 Å². The molecule has 78 valence electrons. The predicted octanol–water partition coefficient (Wildman–Crippen LogP) is -2.17. The van der Waals surface area contributed by atoms with Crippen LogP contribution < -0.4 is 0 Å². The standard InChI is InChI=1S/C8H16O5/c1-3-4(9)5(10)7(12)8(2,13)6(3)11/h3-7,9-13H,1-2H3. The summed E-state index contributed by atoms with van der Waals surface area (Å²) >= 11 is 0. The summed E-state index contributed by atoms with van der Waals surface area (Å²) in [7, 11) is 0. The van der Waals surface area contributed by atoms with Crippen molar-refractivity contribution in [2.75, 3.05) is 0 Å². The van der Waals surface area contributed by atoms with Gasteiger partial charge in [-0.1, -0.05) is 6.92 Å². The summed E-state index contributed by atoms with van der Waals surface area (Å²) in [5, 5.41) is 47.1. The van der Waals surface area contributed by atoms with Crippen molar-refractivity contribution in [1.82, 2.24) is 0 Å². The van der Waals surface area contributed by atoms with Crippen molar-refractivity contribution in [2.45, 2.75) is 43.9 Å². The summed E-state index contributed by atoms with van der Waals surface area (Å²) in [6, 6.07) is 0. The lowest BCUT2D eigenvalue weighted by molar-refractivity contribution is -0.243. The van der Waals surface area contributed by atoms with Gasteiger partial charge in [-0.3, -0.25) is 0 Å². The molecule has 0 heterocycles. The SMILES string of the molecule is CC1C(O)C(O)C(O)C(C)(O)C1O. The number of aliphatic hydroxyl groups is 5. The monoisotopic (exact) mass is 192 g/mol. The van der Waals surface area contributed by atoms with Crippen molar-refractivity contribution in [3.8, 4) is 0 Å². The molecule has 0 bridgehead atoms. The molecule has 0 saturated heterocycles. The Morgan fingerprint density at radius 1 is 0.923 bits per heavy atom. The second-order valence-corrected chi connectivity index (χ2v) is 3.96. The predicted molar refractivity (Wildman–Crippen MR) is 43.8 cm³/mol. The molecule has 0 aromatic carbocycles. The molecule has 0 aromatic heterocycles. The molecule has 1 fully saturated rings. The quantitative estimate of drug-likeness (QED) is 0.301. The van der Waals surface area contributed by atoms with Gasteiger partial charge in [0.05, 0.1) is 12.2 Å². The van der Waals surface area contributed by atoms with E-state index in [2.05, 4.69) is 0 Å². The largest absolute Gasteiger partial charge is 0.390 e. The maximum Gasteiger partial charge on any atom is 0.116 e. The van der Waals surface area contributed by atoms with Gasteiger partial charge in [0.25, 0.3) is 0 Å². The molecule has 5 heteroatoms. The summed E-state index contributed by atoms with van der Waals surface area (Å²) in [4.78, 5) is 0. The van der Waals surface area contributed by atoms with Crippen LogP contribution in [-0.4, -0.2) is 55.5 Å². The highest BCUT2D eigenvalue weighted by Gasteiger charge is 2.53. The van der Waals surface area contributed by atoms with Gasteiger partial charge in [0.15, 0.2) is 0 Å². The fraction of sp³-hybridized carbons (Fsp3) is 1.00. The van der Waals surface area contributed by atoms with Gasteiger partial charge in [-0.25, -0.2) is 0 Å². The normalized spacial score (nSPS) is 57.9. The number of rotatable bonds is 0. The maximum atomic E-state index is 9.60. The Labute approximate surface area is 76.3 Å². The Balaban J connectivity index is 2.93. The molecule has 6 unspecified atom stereocenters. The molecule has 1 aliphatic rings. The highest BCUT2D eigenvalue weighted by molar-refractivity contribution is 5.04. The van der Waals surface area contributed by atoms with Gasteiger partial charge in [0, 0.05) is 5.92 Å². The molecule has 0 spiro atoms. The van der Waals surface area contributed by atoms with Gasteiger partial charge in [0.2, 0.25) is 0 Å². The molecule has 0 amide bonds. The van der Waals surface area contributed by atoms with Crippen LogP contribution in [0.4, 0.5) is 0 Å². The average Bonchev–Trinajstić information content (AvgIpc) is 2.09. The van der Waals surface area contributed by atoms with Crippen LogP contribution in [0.5, 0.6) is 0 Å². The summed E-state index contributed by atoms with van der Waals surface area (Å²) in [6.07, 6.45) is -5.42. The minimum atomic E-state index is -1.78. The zero-order valence-electron chi connectivity index (χ0n) is 7.62. The van der Waals surface area contributed by atoms with Gasteiger partial charge in [-0.15, -0.1) is 0 Å². The van der Waals surface area contributed by atoms with E-state index in [9.17, 15) is 25.5 Å². The lowest BCUT2D eigenvalue weighted by Crippen LogP contribution is -2.66. The highest BCUT2D eigenvalue weighted by atomic mass is 16.4. The topological polar surface area (TPSA) is 101 Å². The van der Waals surface area contributed by atoms with Crippen molar-refractivity contribution >= 4 is 0 Å². The molecule has 1 rings (SSSR count). The van der Waals surface area contributed by atoms with Crippen LogP contribution in [0.2, 0.25) is 0 Å². The van der Waals surface area contributed by atoms with Crippen LogP contribution >= 0.6 is 0 Å². The Bertz CT molecular complexity index is 175. The highest BCUT2D eigenvalue weighted by Crippen LogP contribution is 2.33. The molecule has 5 nitrogen and oxygen atoms in total. The minimum absolute atomic E-state index is 0.673. The van der Waals surface area contributed by atoms with Gasteiger partial charge in [-0.2, -0.15) is 0 Å². The van der Waals surface area contributed by atoms with Gasteiger partial charge >= 0.3 is 0 Å². The molecule has 6 atom stereocenters.